The monoisotopic (exact) mass is 373 g/mol. The van der Waals surface area contributed by atoms with Gasteiger partial charge in [-0.2, -0.15) is 4.52 Å². The summed E-state index contributed by atoms with van der Waals surface area (Å²) in [5.41, 5.74) is 2.71. The average Bonchev–Trinajstić information content (AvgIpc) is 3.15. The van der Waals surface area contributed by atoms with E-state index in [2.05, 4.69) is 35.1 Å². The first kappa shape index (κ1) is 16.5. The Morgan fingerprint density at radius 1 is 0.821 bits per heavy atom. The van der Waals surface area contributed by atoms with Crippen LogP contribution in [0.5, 0.6) is 0 Å². The fraction of sp³-hybridized carbons (Fsp3) is 0.263. The molecule has 5 rings (SSSR count). The van der Waals surface area contributed by atoms with Crippen LogP contribution in [0.1, 0.15) is 5.82 Å². The molecule has 140 valence electrons. The van der Waals surface area contributed by atoms with Gasteiger partial charge in [0, 0.05) is 50.3 Å². The Balaban J connectivity index is 1.32. The molecule has 5 heterocycles. The molecule has 0 aliphatic carbocycles. The van der Waals surface area contributed by atoms with E-state index in [0.29, 0.717) is 0 Å². The fourth-order valence-electron chi connectivity index (χ4n) is 3.37. The Morgan fingerprint density at radius 2 is 1.61 bits per heavy atom. The average molecular weight is 373 g/mol. The molecule has 0 aromatic carbocycles. The highest BCUT2D eigenvalue weighted by Gasteiger charge is 2.21. The van der Waals surface area contributed by atoms with Gasteiger partial charge in [-0.25, -0.2) is 9.97 Å². The van der Waals surface area contributed by atoms with Gasteiger partial charge in [0.15, 0.2) is 11.5 Å². The zero-order valence-electron chi connectivity index (χ0n) is 15.5. The van der Waals surface area contributed by atoms with Gasteiger partial charge in [-0.3, -0.25) is 4.98 Å². The number of nitrogens with zero attached hydrogens (tertiary/aromatic N) is 9. The minimum Gasteiger partial charge on any atom is -0.352 e. The highest BCUT2D eigenvalue weighted by molar-refractivity contribution is 5.59. The Kier molecular flexibility index (Phi) is 4.04. The third-order valence-electron chi connectivity index (χ3n) is 4.91. The summed E-state index contributed by atoms with van der Waals surface area (Å²) in [5.74, 6) is 2.48. The summed E-state index contributed by atoms with van der Waals surface area (Å²) in [6.07, 6.45) is 5.36. The van der Waals surface area contributed by atoms with E-state index in [4.69, 9.17) is 4.98 Å². The molecular weight excluding hydrogens is 354 g/mol. The maximum Gasteiger partial charge on any atom is 0.225 e. The summed E-state index contributed by atoms with van der Waals surface area (Å²) < 4.78 is 1.78. The van der Waals surface area contributed by atoms with E-state index < -0.39 is 0 Å². The van der Waals surface area contributed by atoms with Gasteiger partial charge in [0.2, 0.25) is 5.95 Å². The van der Waals surface area contributed by atoms with Crippen molar-refractivity contribution in [3.63, 3.8) is 0 Å². The first-order valence-corrected chi connectivity index (χ1v) is 9.20. The first-order valence-electron chi connectivity index (χ1n) is 9.20. The van der Waals surface area contributed by atoms with Crippen molar-refractivity contribution in [1.82, 2.24) is 34.8 Å². The molecular formula is C19H19N9. The Bertz CT molecular complexity index is 1100. The van der Waals surface area contributed by atoms with Crippen LogP contribution in [-0.4, -0.2) is 60.9 Å². The lowest BCUT2D eigenvalue weighted by Gasteiger charge is -2.35. The molecule has 0 bridgehead atoms. The van der Waals surface area contributed by atoms with Gasteiger partial charge >= 0.3 is 0 Å². The van der Waals surface area contributed by atoms with Crippen LogP contribution in [0.3, 0.4) is 0 Å². The number of hydrogen-bond acceptors (Lipinski definition) is 8. The SMILES string of the molecule is Cc1nnc2ccc(N3CCN(c4nccc(-c5ccncc5)n4)CC3)nn12. The van der Waals surface area contributed by atoms with Crippen molar-refractivity contribution in [1.29, 1.82) is 0 Å². The lowest BCUT2D eigenvalue weighted by molar-refractivity contribution is 0.629. The van der Waals surface area contributed by atoms with E-state index in [9.17, 15) is 0 Å². The van der Waals surface area contributed by atoms with Crippen molar-refractivity contribution in [3.05, 3.63) is 54.7 Å². The molecule has 0 saturated carbocycles. The maximum absolute atomic E-state index is 4.74. The minimum absolute atomic E-state index is 0.757. The summed E-state index contributed by atoms with van der Waals surface area (Å²) in [4.78, 5) is 17.8. The predicted octanol–water partition coefficient (Wildman–Crippen LogP) is 1.61. The summed E-state index contributed by atoms with van der Waals surface area (Å²) >= 11 is 0. The highest BCUT2D eigenvalue weighted by Crippen LogP contribution is 2.20. The van der Waals surface area contributed by atoms with Crippen LogP contribution in [0.15, 0.2) is 48.9 Å². The van der Waals surface area contributed by atoms with E-state index in [1.807, 2.05) is 43.5 Å². The highest BCUT2D eigenvalue weighted by atomic mass is 15.4. The van der Waals surface area contributed by atoms with Crippen LogP contribution < -0.4 is 9.80 Å². The van der Waals surface area contributed by atoms with Crippen LogP contribution in [0.25, 0.3) is 16.9 Å². The van der Waals surface area contributed by atoms with Gasteiger partial charge < -0.3 is 9.80 Å². The summed E-state index contributed by atoms with van der Waals surface area (Å²) in [6.45, 7) is 5.27. The van der Waals surface area contributed by atoms with E-state index >= 15 is 0 Å². The number of aromatic nitrogens is 7. The number of anilines is 2. The Labute approximate surface area is 161 Å². The standard InChI is InChI=1S/C19H19N9/c1-14-23-24-17-2-3-18(25-28(14)17)26-10-12-27(13-11-26)19-21-9-6-16(22-19)15-4-7-20-8-5-15/h2-9H,10-13H2,1H3. The molecule has 9 nitrogen and oxygen atoms in total. The van der Waals surface area contributed by atoms with Crippen molar-refractivity contribution in [3.8, 4) is 11.3 Å². The van der Waals surface area contributed by atoms with Crippen molar-refractivity contribution < 1.29 is 0 Å². The molecule has 28 heavy (non-hydrogen) atoms. The zero-order valence-corrected chi connectivity index (χ0v) is 15.5. The van der Waals surface area contributed by atoms with E-state index in [1.165, 1.54) is 0 Å². The normalized spacial score (nSPS) is 14.6. The lowest BCUT2D eigenvalue weighted by atomic mass is 10.2. The van der Waals surface area contributed by atoms with Crippen molar-refractivity contribution in [2.45, 2.75) is 6.92 Å². The third kappa shape index (κ3) is 3.00. The topological polar surface area (TPSA) is 88.2 Å². The molecule has 0 spiro atoms. The molecule has 1 aliphatic rings. The van der Waals surface area contributed by atoms with Gasteiger partial charge in [-0.15, -0.1) is 15.3 Å². The van der Waals surface area contributed by atoms with Gasteiger partial charge in [-0.1, -0.05) is 0 Å². The van der Waals surface area contributed by atoms with Gasteiger partial charge in [0.1, 0.15) is 5.82 Å². The lowest BCUT2D eigenvalue weighted by Crippen LogP contribution is -2.47. The molecule has 0 radical (unpaired) electrons. The van der Waals surface area contributed by atoms with E-state index in [0.717, 1.165) is 60.7 Å². The number of hydrogen-bond donors (Lipinski definition) is 0. The molecule has 1 aliphatic heterocycles. The molecule has 4 aromatic heterocycles. The van der Waals surface area contributed by atoms with Crippen LogP contribution in [0, 0.1) is 6.92 Å². The molecule has 4 aromatic rings. The maximum atomic E-state index is 4.74. The summed E-state index contributed by atoms with van der Waals surface area (Å²) in [6, 6.07) is 9.79. The second kappa shape index (κ2) is 6.84. The fourth-order valence-corrected chi connectivity index (χ4v) is 3.37. The van der Waals surface area contributed by atoms with Crippen LogP contribution in [-0.2, 0) is 0 Å². The number of fused-ring (bicyclic) bond motifs is 1. The molecule has 0 atom stereocenters. The van der Waals surface area contributed by atoms with Crippen molar-refractivity contribution >= 4 is 17.4 Å². The van der Waals surface area contributed by atoms with Crippen molar-refractivity contribution in [2.75, 3.05) is 36.0 Å². The van der Waals surface area contributed by atoms with Crippen LogP contribution >= 0.6 is 0 Å². The second-order valence-electron chi connectivity index (χ2n) is 6.66. The molecule has 1 saturated heterocycles. The van der Waals surface area contributed by atoms with Crippen LogP contribution in [0.4, 0.5) is 11.8 Å². The van der Waals surface area contributed by atoms with Crippen LogP contribution in [0.2, 0.25) is 0 Å². The first-order chi connectivity index (χ1) is 13.8. The van der Waals surface area contributed by atoms with E-state index in [1.54, 1.807) is 16.9 Å². The number of pyridine rings is 1. The summed E-state index contributed by atoms with van der Waals surface area (Å²) in [7, 11) is 0. The van der Waals surface area contributed by atoms with Gasteiger partial charge in [0.05, 0.1) is 5.69 Å². The Hall–Kier alpha value is -3.62. The predicted molar refractivity (Wildman–Crippen MR) is 105 cm³/mol. The number of rotatable bonds is 3. The molecule has 9 heteroatoms. The van der Waals surface area contributed by atoms with Gasteiger partial charge in [0.25, 0.3) is 0 Å². The molecule has 0 N–H and O–H groups in total. The third-order valence-corrected chi connectivity index (χ3v) is 4.91. The van der Waals surface area contributed by atoms with Crippen molar-refractivity contribution in [2.24, 2.45) is 0 Å². The number of aryl methyl sites for hydroxylation is 1. The minimum atomic E-state index is 0.757. The Morgan fingerprint density at radius 3 is 2.43 bits per heavy atom. The molecule has 0 unspecified atom stereocenters. The smallest absolute Gasteiger partial charge is 0.225 e. The molecule has 0 amide bonds. The summed E-state index contributed by atoms with van der Waals surface area (Å²) in [5, 5.41) is 12.8. The second-order valence-corrected chi connectivity index (χ2v) is 6.66. The quantitative estimate of drug-likeness (QED) is 0.535. The molecule has 1 fully saturated rings. The zero-order chi connectivity index (χ0) is 18.9. The van der Waals surface area contributed by atoms with Gasteiger partial charge in [-0.05, 0) is 37.3 Å². The largest absolute Gasteiger partial charge is 0.352 e. The number of piperazine rings is 1. The van der Waals surface area contributed by atoms with E-state index in [-0.39, 0.29) is 0 Å².